The minimum Gasteiger partial charge on any atom is -0.508 e. The number of benzene rings is 3. The van der Waals surface area contributed by atoms with Crippen LogP contribution in [-0.4, -0.2) is 32.9 Å². The number of ether oxygens (including phenoxy) is 1. The molecule has 1 unspecified atom stereocenters. The topological polar surface area (TPSA) is 101 Å². The van der Waals surface area contributed by atoms with Crippen LogP contribution in [0, 0.1) is 0 Å². The molecule has 0 saturated heterocycles. The van der Waals surface area contributed by atoms with Crippen LogP contribution in [0.4, 0.5) is 11.6 Å². The van der Waals surface area contributed by atoms with Crippen LogP contribution < -0.4 is 15.4 Å². The Morgan fingerprint density at radius 2 is 1.89 bits per heavy atom. The molecule has 9 heteroatoms. The van der Waals surface area contributed by atoms with Gasteiger partial charge >= 0.3 is 0 Å². The first-order valence-electron chi connectivity index (χ1n) is 10.9. The molecule has 8 nitrogen and oxygen atoms in total. The summed E-state index contributed by atoms with van der Waals surface area (Å²) in [6.45, 7) is 1.82. The highest BCUT2D eigenvalue weighted by Gasteiger charge is 2.34. The molecule has 35 heavy (non-hydrogen) atoms. The van der Waals surface area contributed by atoms with Gasteiger partial charge in [0, 0.05) is 16.3 Å². The molecule has 1 amide bonds. The first kappa shape index (κ1) is 22.5. The molecular formula is C26H22ClN5O3. The van der Waals surface area contributed by atoms with Crippen LogP contribution >= 0.6 is 11.6 Å². The number of hydrogen-bond donors (Lipinski definition) is 3. The molecule has 5 rings (SSSR count). The van der Waals surface area contributed by atoms with E-state index in [1.165, 1.54) is 0 Å². The molecule has 2 heterocycles. The Balaban J connectivity index is 1.60. The lowest BCUT2D eigenvalue weighted by Crippen LogP contribution is -2.31. The molecule has 4 aromatic rings. The summed E-state index contributed by atoms with van der Waals surface area (Å²) >= 11 is 6.18. The number of hydrogen-bond acceptors (Lipinski definition) is 6. The highest BCUT2D eigenvalue weighted by atomic mass is 35.5. The Kier molecular flexibility index (Phi) is 5.88. The van der Waals surface area contributed by atoms with Crippen molar-refractivity contribution in [2.24, 2.45) is 0 Å². The van der Waals surface area contributed by atoms with E-state index in [4.69, 9.17) is 21.4 Å². The van der Waals surface area contributed by atoms with Crippen molar-refractivity contribution in [3.05, 3.63) is 94.7 Å². The Labute approximate surface area is 206 Å². The number of amides is 1. The molecule has 0 fully saturated rings. The largest absolute Gasteiger partial charge is 0.508 e. The fourth-order valence-electron chi connectivity index (χ4n) is 4.10. The zero-order valence-electron chi connectivity index (χ0n) is 19.0. The van der Waals surface area contributed by atoms with Crippen LogP contribution in [0.1, 0.15) is 18.5 Å². The van der Waals surface area contributed by atoms with Crippen LogP contribution in [-0.2, 0) is 4.79 Å². The average molecular weight is 488 g/mol. The predicted octanol–water partition coefficient (Wildman–Crippen LogP) is 5.24. The number of fused-ring (bicyclic) bond motifs is 1. The van der Waals surface area contributed by atoms with Crippen LogP contribution in [0.3, 0.4) is 0 Å². The van der Waals surface area contributed by atoms with E-state index in [0.717, 1.165) is 11.1 Å². The second kappa shape index (κ2) is 9.15. The fraction of sp³-hybridized carbons (Fsp3) is 0.115. The van der Waals surface area contributed by atoms with E-state index in [-0.39, 0.29) is 11.7 Å². The Morgan fingerprint density at radius 3 is 2.63 bits per heavy atom. The number of anilines is 2. The minimum absolute atomic E-state index is 0.127. The predicted molar refractivity (Wildman–Crippen MR) is 135 cm³/mol. The second-order valence-corrected chi connectivity index (χ2v) is 8.46. The summed E-state index contributed by atoms with van der Waals surface area (Å²) in [6.07, 6.45) is 0. The lowest BCUT2D eigenvalue weighted by atomic mass is 9.95. The van der Waals surface area contributed by atoms with Crippen molar-refractivity contribution in [3.8, 4) is 22.9 Å². The molecule has 1 aliphatic heterocycles. The number of carbonyl (C=O) groups excluding carboxylic acids is 1. The van der Waals surface area contributed by atoms with Crippen molar-refractivity contribution in [1.82, 2.24) is 14.8 Å². The van der Waals surface area contributed by atoms with E-state index in [0.29, 0.717) is 39.5 Å². The van der Waals surface area contributed by atoms with Crippen molar-refractivity contribution in [2.45, 2.75) is 13.0 Å². The molecule has 1 aliphatic rings. The molecule has 3 aromatic carbocycles. The first-order chi connectivity index (χ1) is 16.9. The second-order valence-electron chi connectivity index (χ2n) is 8.03. The Bertz CT molecular complexity index is 1450. The molecule has 0 bridgehead atoms. The van der Waals surface area contributed by atoms with E-state index in [2.05, 4.69) is 15.6 Å². The standard InChI is InChI=1S/C26H22ClN5O3/c1-15-22(25(34)29-20-8-3-4-9-21(20)35-2)23(16-10-12-19(33)13-11-16)32-26(28-15)30-24(31-32)17-6-5-7-18(27)14-17/h3-14,23,33H,1-2H3,(H,29,34)(H,28,30,31). The molecule has 3 N–H and O–H groups in total. The van der Waals surface area contributed by atoms with Gasteiger partial charge in [-0.05, 0) is 48.9 Å². The van der Waals surface area contributed by atoms with Gasteiger partial charge in [0.15, 0.2) is 5.82 Å². The number of rotatable bonds is 5. The molecular weight excluding hydrogens is 466 g/mol. The van der Waals surface area contributed by atoms with Crippen LogP contribution in [0.2, 0.25) is 5.02 Å². The summed E-state index contributed by atoms with van der Waals surface area (Å²) in [4.78, 5) is 18.3. The minimum atomic E-state index is -0.595. The first-order valence-corrected chi connectivity index (χ1v) is 11.3. The van der Waals surface area contributed by atoms with E-state index in [9.17, 15) is 9.90 Å². The highest BCUT2D eigenvalue weighted by molar-refractivity contribution is 6.30. The quantitative estimate of drug-likeness (QED) is 0.356. The van der Waals surface area contributed by atoms with Gasteiger partial charge in [-0.2, -0.15) is 4.98 Å². The number of halogens is 1. The maximum absolute atomic E-state index is 13.6. The average Bonchev–Trinajstić information content (AvgIpc) is 3.28. The lowest BCUT2D eigenvalue weighted by molar-refractivity contribution is -0.113. The van der Waals surface area contributed by atoms with Crippen LogP contribution in [0.25, 0.3) is 11.4 Å². The van der Waals surface area contributed by atoms with Gasteiger partial charge in [0.05, 0.1) is 18.4 Å². The van der Waals surface area contributed by atoms with Crippen molar-refractivity contribution >= 4 is 29.1 Å². The van der Waals surface area contributed by atoms with E-state index in [1.54, 1.807) is 60.3 Å². The normalized spacial score (nSPS) is 14.8. The summed E-state index contributed by atoms with van der Waals surface area (Å²) < 4.78 is 7.06. The summed E-state index contributed by atoms with van der Waals surface area (Å²) in [5.74, 6) is 1.32. The summed E-state index contributed by atoms with van der Waals surface area (Å²) in [5, 5.41) is 21.3. The van der Waals surface area contributed by atoms with Gasteiger partial charge in [0.1, 0.15) is 17.5 Å². The van der Waals surface area contributed by atoms with Gasteiger partial charge in [-0.15, -0.1) is 5.10 Å². The zero-order valence-corrected chi connectivity index (χ0v) is 19.7. The number of phenolic OH excluding ortho intramolecular Hbond substituents is 1. The number of methoxy groups -OCH3 is 1. The Morgan fingerprint density at radius 1 is 1.11 bits per heavy atom. The van der Waals surface area contributed by atoms with E-state index >= 15 is 0 Å². The number of allylic oxidation sites excluding steroid dienone is 1. The van der Waals surface area contributed by atoms with Crippen molar-refractivity contribution < 1.29 is 14.6 Å². The van der Waals surface area contributed by atoms with Gasteiger partial charge in [0.25, 0.3) is 5.91 Å². The van der Waals surface area contributed by atoms with Gasteiger partial charge in [-0.25, -0.2) is 4.68 Å². The number of carbonyl (C=O) groups is 1. The molecule has 176 valence electrons. The number of nitrogens with zero attached hydrogens (tertiary/aromatic N) is 3. The monoisotopic (exact) mass is 487 g/mol. The molecule has 1 atom stereocenters. The van der Waals surface area contributed by atoms with Gasteiger partial charge in [0.2, 0.25) is 5.95 Å². The lowest BCUT2D eigenvalue weighted by Gasteiger charge is -2.28. The van der Waals surface area contributed by atoms with E-state index in [1.807, 2.05) is 31.2 Å². The molecule has 0 radical (unpaired) electrons. The van der Waals surface area contributed by atoms with Crippen molar-refractivity contribution in [3.63, 3.8) is 0 Å². The molecule has 0 saturated carbocycles. The van der Waals surface area contributed by atoms with Crippen molar-refractivity contribution in [2.75, 3.05) is 17.7 Å². The third-order valence-electron chi connectivity index (χ3n) is 5.74. The third kappa shape index (κ3) is 4.31. The summed E-state index contributed by atoms with van der Waals surface area (Å²) in [7, 11) is 1.55. The van der Waals surface area contributed by atoms with Gasteiger partial charge in [-0.1, -0.05) is 48.0 Å². The number of aromatic nitrogens is 3. The maximum Gasteiger partial charge on any atom is 0.255 e. The van der Waals surface area contributed by atoms with Gasteiger partial charge < -0.3 is 20.5 Å². The SMILES string of the molecule is COc1ccccc1NC(=O)C1=C(C)Nc2nc(-c3cccc(Cl)c3)nn2C1c1ccc(O)cc1. The number of phenols is 1. The number of aromatic hydroxyl groups is 1. The Hall–Kier alpha value is -4.30. The molecule has 1 aromatic heterocycles. The van der Waals surface area contributed by atoms with Crippen LogP contribution in [0.15, 0.2) is 84.1 Å². The zero-order chi connectivity index (χ0) is 24.5. The summed E-state index contributed by atoms with van der Waals surface area (Å²) in [5.41, 5.74) is 3.15. The number of para-hydroxylation sites is 2. The molecule has 0 spiro atoms. The third-order valence-corrected chi connectivity index (χ3v) is 5.98. The molecule has 0 aliphatic carbocycles. The summed E-state index contributed by atoms with van der Waals surface area (Å²) in [6, 6.07) is 20.6. The smallest absolute Gasteiger partial charge is 0.255 e. The number of nitrogens with one attached hydrogen (secondary N) is 2. The fourth-order valence-corrected chi connectivity index (χ4v) is 4.29. The highest BCUT2D eigenvalue weighted by Crippen LogP contribution is 2.38. The van der Waals surface area contributed by atoms with Crippen LogP contribution in [0.5, 0.6) is 11.5 Å². The van der Waals surface area contributed by atoms with Gasteiger partial charge in [-0.3, -0.25) is 4.79 Å². The van der Waals surface area contributed by atoms with E-state index < -0.39 is 6.04 Å². The van der Waals surface area contributed by atoms with Crippen molar-refractivity contribution in [1.29, 1.82) is 0 Å². The maximum atomic E-state index is 13.6.